The quantitative estimate of drug-likeness (QED) is 0.716. The Balaban J connectivity index is 2.36. The van der Waals surface area contributed by atoms with E-state index in [0.29, 0.717) is 23.8 Å². The van der Waals surface area contributed by atoms with Gasteiger partial charge >= 0.3 is 0 Å². The summed E-state index contributed by atoms with van der Waals surface area (Å²) < 4.78 is 5.42. The maximum absolute atomic E-state index is 5.42. The van der Waals surface area contributed by atoms with Crippen molar-refractivity contribution in [2.24, 2.45) is 0 Å². The molecule has 0 saturated carbocycles. The minimum Gasteiger partial charge on any atom is -0.494 e. The van der Waals surface area contributed by atoms with E-state index in [1.807, 2.05) is 31.2 Å². The average molecular weight is 324 g/mol. The summed E-state index contributed by atoms with van der Waals surface area (Å²) in [6, 6.07) is 8.88. The van der Waals surface area contributed by atoms with Crippen molar-refractivity contribution in [2.75, 3.05) is 25.0 Å². The summed E-state index contributed by atoms with van der Waals surface area (Å²) in [6.07, 6.45) is 0. The van der Waals surface area contributed by atoms with Crippen LogP contribution in [0.2, 0.25) is 0 Å². The van der Waals surface area contributed by atoms with Gasteiger partial charge in [-0.15, -0.1) is 0 Å². The van der Waals surface area contributed by atoms with Gasteiger partial charge in [0.2, 0.25) is 0 Å². The van der Waals surface area contributed by atoms with Crippen molar-refractivity contribution < 1.29 is 4.74 Å². The third-order valence-electron chi connectivity index (χ3n) is 3.41. The number of anilines is 1. The highest BCUT2D eigenvalue weighted by molar-refractivity contribution is 7.80. The van der Waals surface area contributed by atoms with Crippen molar-refractivity contribution in [2.45, 2.75) is 46.7 Å². The molecule has 1 rings (SSSR count). The molecule has 22 heavy (non-hydrogen) atoms. The van der Waals surface area contributed by atoms with Crippen molar-refractivity contribution in [1.82, 2.24) is 10.2 Å². The molecule has 0 radical (unpaired) electrons. The average Bonchev–Trinajstić information content (AvgIpc) is 2.45. The second-order valence-corrected chi connectivity index (χ2v) is 6.17. The van der Waals surface area contributed by atoms with Crippen LogP contribution >= 0.6 is 12.2 Å². The molecule has 2 N–H and O–H groups in total. The molecule has 0 atom stereocenters. The fraction of sp³-hybridized carbons (Fsp3) is 0.588. The van der Waals surface area contributed by atoms with Crippen LogP contribution in [0.1, 0.15) is 34.6 Å². The number of thiocarbonyl (C=S) groups is 1. The molecule has 0 spiro atoms. The van der Waals surface area contributed by atoms with Gasteiger partial charge in [-0.05, 0) is 71.1 Å². The lowest BCUT2D eigenvalue weighted by molar-refractivity contribution is 0.178. The predicted octanol–water partition coefficient (Wildman–Crippen LogP) is 3.49. The van der Waals surface area contributed by atoms with E-state index in [-0.39, 0.29) is 0 Å². The summed E-state index contributed by atoms with van der Waals surface area (Å²) in [5, 5.41) is 7.10. The molecule has 0 aliphatic heterocycles. The van der Waals surface area contributed by atoms with Crippen LogP contribution in [0, 0.1) is 0 Å². The number of hydrogen-bond acceptors (Lipinski definition) is 3. The van der Waals surface area contributed by atoms with E-state index in [2.05, 4.69) is 43.2 Å². The molecular weight excluding hydrogens is 294 g/mol. The second kappa shape index (κ2) is 9.64. The van der Waals surface area contributed by atoms with Crippen LogP contribution in [0.4, 0.5) is 5.69 Å². The first-order chi connectivity index (χ1) is 10.4. The molecule has 1 aromatic carbocycles. The Kier molecular flexibility index (Phi) is 8.20. The Bertz CT molecular complexity index is 438. The van der Waals surface area contributed by atoms with Crippen molar-refractivity contribution in [3.8, 4) is 5.75 Å². The molecular formula is C17H29N3OS. The summed E-state index contributed by atoms with van der Waals surface area (Å²) in [5.41, 5.74) is 0.963. The first kappa shape index (κ1) is 18.7. The predicted molar refractivity (Wildman–Crippen MR) is 98.8 cm³/mol. The van der Waals surface area contributed by atoms with Gasteiger partial charge in [0.15, 0.2) is 5.11 Å². The smallest absolute Gasteiger partial charge is 0.170 e. The van der Waals surface area contributed by atoms with E-state index >= 15 is 0 Å². The maximum Gasteiger partial charge on any atom is 0.170 e. The lowest BCUT2D eigenvalue weighted by atomic mass is 10.2. The highest BCUT2D eigenvalue weighted by Crippen LogP contribution is 2.15. The van der Waals surface area contributed by atoms with E-state index in [1.165, 1.54) is 0 Å². The molecule has 0 fully saturated rings. The molecule has 0 unspecified atom stereocenters. The van der Waals surface area contributed by atoms with Crippen molar-refractivity contribution >= 4 is 23.0 Å². The van der Waals surface area contributed by atoms with Gasteiger partial charge in [-0.1, -0.05) is 0 Å². The number of nitrogens with one attached hydrogen (secondary N) is 2. The normalized spacial score (nSPS) is 11.1. The third-order valence-corrected chi connectivity index (χ3v) is 3.65. The summed E-state index contributed by atoms with van der Waals surface area (Å²) >= 11 is 5.33. The Morgan fingerprint density at radius 2 is 1.73 bits per heavy atom. The molecule has 124 valence electrons. The van der Waals surface area contributed by atoms with Crippen LogP contribution in [0.5, 0.6) is 5.75 Å². The second-order valence-electron chi connectivity index (χ2n) is 5.76. The van der Waals surface area contributed by atoms with E-state index in [0.717, 1.165) is 24.5 Å². The topological polar surface area (TPSA) is 36.5 Å². The van der Waals surface area contributed by atoms with Crippen LogP contribution in [0.15, 0.2) is 24.3 Å². The summed E-state index contributed by atoms with van der Waals surface area (Å²) in [5.74, 6) is 0.872. The molecule has 4 nitrogen and oxygen atoms in total. The zero-order chi connectivity index (χ0) is 16.5. The third kappa shape index (κ3) is 6.62. The highest BCUT2D eigenvalue weighted by atomic mass is 32.1. The molecule has 0 heterocycles. The van der Waals surface area contributed by atoms with Crippen LogP contribution in [0.25, 0.3) is 0 Å². The number of nitrogens with zero attached hydrogens (tertiary/aromatic N) is 1. The molecule has 0 amide bonds. The Hall–Kier alpha value is -1.33. The summed E-state index contributed by atoms with van der Waals surface area (Å²) in [4.78, 5) is 2.44. The SMILES string of the molecule is CCOc1ccc(NC(=S)NCCN(C(C)C)C(C)C)cc1. The van der Waals surface area contributed by atoms with Gasteiger partial charge in [0.25, 0.3) is 0 Å². The zero-order valence-corrected chi connectivity index (χ0v) is 15.2. The van der Waals surface area contributed by atoms with Gasteiger partial charge in [0, 0.05) is 30.9 Å². The zero-order valence-electron chi connectivity index (χ0n) is 14.3. The van der Waals surface area contributed by atoms with E-state index < -0.39 is 0 Å². The van der Waals surface area contributed by atoms with Crippen molar-refractivity contribution in [1.29, 1.82) is 0 Å². The Morgan fingerprint density at radius 3 is 2.23 bits per heavy atom. The molecule has 0 aromatic heterocycles. The number of hydrogen-bond donors (Lipinski definition) is 2. The van der Waals surface area contributed by atoms with E-state index in [4.69, 9.17) is 17.0 Å². The van der Waals surface area contributed by atoms with Gasteiger partial charge < -0.3 is 15.4 Å². The van der Waals surface area contributed by atoms with Crippen LogP contribution < -0.4 is 15.4 Å². The first-order valence-electron chi connectivity index (χ1n) is 7.97. The molecule has 0 aliphatic carbocycles. The Morgan fingerprint density at radius 1 is 1.14 bits per heavy atom. The molecule has 0 bridgehead atoms. The van der Waals surface area contributed by atoms with Gasteiger partial charge in [-0.2, -0.15) is 0 Å². The van der Waals surface area contributed by atoms with Gasteiger partial charge in [-0.3, -0.25) is 4.90 Å². The van der Waals surface area contributed by atoms with Gasteiger partial charge in [-0.25, -0.2) is 0 Å². The van der Waals surface area contributed by atoms with Crippen molar-refractivity contribution in [3.63, 3.8) is 0 Å². The minimum absolute atomic E-state index is 0.537. The van der Waals surface area contributed by atoms with Crippen LogP contribution in [0.3, 0.4) is 0 Å². The first-order valence-corrected chi connectivity index (χ1v) is 8.38. The molecule has 0 saturated heterocycles. The minimum atomic E-state index is 0.537. The standard InChI is InChI=1S/C17H29N3OS/c1-6-21-16-9-7-15(8-10-16)19-17(22)18-11-12-20(13(2)3)14(4)5/h7-10,13-14H,6,11-12H2,1-5H3,(H2,18,19,22). The summed E-state index contributed by atoms with van der Waals surface area (Å²) in [7, 11) is 0. The van der Waals surface area contributed by atoms with E-state index in [9.17, 15) is 0 Å². The van der Waals surface area contributed by atoms with Gasteiger partial charge in [0.1, 0.15) is 5.75 Å². The van der Waals surface area contributed by atoms with Crippen LogP contribution in [-0.2, 0) is 0 Å². The summed E-state index contributed by atoms with van der Waals surface area (Å²) in [6.45, 7) is 13.3. The number of rotatable bonds is 8. The van der Waals surface area contributed by atoms with Crippen LogP contribution in [-0.4, -0.2) is 41.8 Å². The fourth-order valence-corrected chi connectivity index (χ4v) is 2.61. The lowest BCUT2D eigenvalue weighted by Crippen LogP contribution is -2.43. The Labute approximate surface area is 140 Å². The van der Waals surface area contributed by atoms with E-state index in [1.54, 1.807) is 0 Å². The van der Waals surface area contributed by atoms with Crippen molar-refractivity contribution in [3.05, 3.63) is 24.3 Å². The highest BCUT2D eigenvalue weighted by Gasteiger charge is 2.12. The number of benzene rings is 1. The lowest BCUT2D eigenvalue weighted by Gasteiger charge is -2.30. The molecule has 1 aromatic rings. The molecule has 0 aliphatic rings. The maximum atomic E-state index is 5.42. The number of ether oxygens (including phenoxy) is 1. The molecule has 5 heteroatoms. The fourth-order valence-electron chi connectivity index (χ4n) is 2.39. The monoisotopic (exact) mass is 323 g/mol. The largest absolute Gasteiger partial charge is 0.494 e. The van der Waals surface area contributed by atoms with Gasteiger partial charge in [0.05, 0.1) is 6.61 Å².